The van der Waals surface area contributed by atoms with Crippen molar-refractivity contribution in [3.05, 3.63) is 46.8 Å². The normalized spacial score (nSPS) is 18.9. The van der Waals surface area contributed by atoms with E-state index in [1.165, 1.54) is 48.9 Å². The molecule has 0 N–H and O–H groups in total. The molecule has 1 aliphatic carbocycles. The number of carbonyl (C=O) groups excluding carboxylic acids is 1. The Morgan fingerprint density at radius 1 is 1.03 bits per heavy atom. The fraction of sp³-hybridized carbons (Fsp3) is 0.583. The predicted octanol–water partition coefficient (Wildman–Crippen LogP) is 4.50. The van der Waals surface area contributed by atoms with Gasteiger partial charge in [-0.3, -0.25) is 4.79 Å². The van der Waals surface area contributed by atoms with Crippen molar-refractivity contribution in [2.24, 2.45) is 5.92 Å². The van der Waals surface area contributed by atoms with Gasteiger partial charge in [0.2, 0.25) is 0 Å². The van der Waals surface area contributed by atoms with Gasteiger partial charge in [0.05, 0.1) is 17.0 Å². The van der Waals surface area contributed by atoms with E-state index in [0.29, 0.717) is 23.5 Å². The molecule has 2 aromatic rings. The summed E-state index contributed by atoms with van der Waals surface area (Å²) in [4.78, 5) is 17.8. The molecule has 0 unspecified atom stereocenters. The monoisotopic (exact) mass is 430 g/mol. The zero-order chi connectivity index (χ0) is 22.0. The van der Waals surface area contributed by atoms with Crippen LogP contribution in [0.1, 0.15) is 60.3 Å². The summed E-state index contributed by atoms with van der Waals surface area (Å²) >= 11 is 0. The second kappa shape index (κ2) is 9.47. The average Bonchev–Trinajstić information content (AvgIpc) is 2.90. The molecule has 1 saturated heterocycles. The van der Waals surface area contributed by atoms with Crippen LogP contribution < -0.4 is 0 Å². The Balaban J connectivity index is 1.47. The molecule has 0 spiro atoms. The van der Waals surface area contributed by atoms with E-state index in [1.54, 1.807) is 13.8 Å². The van der Waals surface area contributed by atoms with Crippen molar-refractivity contribution in [2.75, 3.05) is 32.7 Å². The zero-order valence-corrected chi connectivity index (χ0v) is 18.5. The maximum Gasteiger partial charge on any atom is 0.257 e. The average molecular weight is 431 g/mol. The molecule has 5 nitrogen and oxygen atoms in total. The van der Waals surface area contributed by atoms with Crippen LogP contribution in [0.25, 0.3) is 5.69 Å². The Bertz CT molecular complexity index is 936. The molecule has 0 atom stereocenters. The van der Waals surface area contributed by atoms with Gasteiger partial charge in [-0.05, 0) is 57.7 Å². The number of rotatable bonds is 4. The number of halogens is 2. The maximum absolute atomic E-state index is 14.3. The zero-order valence-electron chi connectivity index (χ0n) is 18.5. The number of benzene rings is 1. The van der Waals surface area contributed by atoms with Gasteiger partial charge in [0.1, 0.15) is 11.5 Å². The molecule has 1 amide bonds. The van der Waals surface area contributed by atoms with Crippen LogP contribution in [0.3, 0.4) is 0 Å². The van der Waals surface area contributed by atoms with Crippen LogP contribution in [0.15, 0.2) is 18.2 Å². The molecule has 1 saturated carbocycles. The number of aromatic nitrogens is 2. The van der Waals surface area contributed by atoms with Crippen molar-refractivity contribution < 1.29 is 13.6 Å². The first-order valence-electron chi connectivity index (χ1n) is 11.5. The molecule has 2 heterocycles. The van der Waals surface area contributed by atoms with E-state index in [2.05, 4.69) is 10.00 Å². The molecule has 1 aromatic carbocycles. The van der Waals surface area contributed by atoms with E-state index in [9.17, 15) is 13.6 Å². The second-order valence-electron chi connectivity index (χ2n) is 9.00. The molecule has 168 valence electrons. The van der Waals surface area contributed by atoms with Crippen LogP contribution in [0.2, 0.25) is 0 Å². The third-order valence-corrected chi connectivity index (χ3v) is 6.76. The summed E-state index contributed by atoms with van der Waals surface area (Å²) in [5.74, 6) is -0.591. The second-order valence-corrected chi connectivity index (χ2v) is 9.00. The lowest BCUT2D eigenvalue weighted by atomic mass is 9.89. The van der Waals surface area contributed by atoms with Gasteiger partial charge in [0.15, 0.2) is 5.82 Å². The fourth-order valence-corrected chi connectivity index (χ4v) is 5.09. The van der Waals surface area contributed by atoms with E-state index in [1.807, 2.05) is 4.90 Å². The van der Waals surface area contributed by atoms with Crippen molar-refractivity contribution in [3.63, 3.8) is 0 Å². The minimum Gasteiger partial charge on any atom is -0.337 e. The minimum atomic E-state index is -0.697. The lowest BCUT2D eigenvalue weighted by molar-refractivity contribution is 0.0758. The minimum absolute atomic E-state index is 0.0525. The molecular formula is C24H32F2N4O. The maximum atomic E-state index is 14.3. The summed E-state index contributed by atoms with van der Waals surface area (Å²) in [6.45, 7) is 8.01. The predicted molar refractivity (Wildman–Crippen MR) is 116 cm³/mol. The van der Waals surface area contributed by atoms with Crippen molar-refractivity contribution >= 4 is 5.91 Å². The molecule has 1 aliphatic heterocycles. The van der Waals surface area contributed by atoms with Crippen molar-refractivity contribution in [2.45, 2.75) is 52.4 Å². The van der Waals surface area contributed by atoms with Gasteiger partial charge in [-0.25, -0.2) is 13.5 Å². The van der Waals surface area contributed by atoms with Crippen molar-refractivity contribution in [1.82, 2.24) is 19.6 Å². The number of carbonyl (C=O) groups is 1. The standard InChI is InChI=1S/C24H32F2N4O/c1-17-23(18(2)30(27-17)22-10-9-20(25)15-21(22)26)24(31)29-12-6-11-28(13-14-29)16-19-7-4-3-5-8-19/h9-10,15,19H,3-8,11-14,16H2,1-2H3. The molecular weight excluding hydrogens is 398 g/mol. The third kappa shape index (κ3) is 4.81. The lowest BCUT2D eigenvalue weighted by Crippen LogP contribution is -2.37. The SMILES string of the molecule is Cc1nn(-c2ccc(F)cc2F)c(C)c1C(=O)N1CCCN(CC2CCCCC2)CC1. The van der Waals surface area contributed by atoms with Gasteiger partial charge in [0, 0.05) is 32.2 Å². The first-order chi connectivity index (χ1) is 14.9. The largest absolute Gasteiger partial charge is 0.337 e. The van der Waals surface area contributed by atoms with Gasteiger partial charge >= 0.3 is 0 Å². The smallest absolute Gasteiger partial charge is 0.257 e. The molecule has 0 bridgehead atoms. The molecule has 7 heteroatoms. The summed E-state index contributed by atoms with van der Waals surface area (Å²) in [6, 6.07) is 3.39. The molecule has 4 rings (SSSR count). The van der Waals surface area contributed by atoms with Crippen molar-refractivity contribution in [3.8, 4) is 5.69 Å². The first kappa shape index (κ1) is 21.9. The Kier molecular flexibility index (Phi) is 6.70. The summed E-state index contributed by atoms with van der Waals surface area (Å²) < 4.78 is 29.0. The van der Waals surface area contributed by atoms with Crippen LogP contribution >= 0.6 is 0 Å². The highest BCUT2D eigenvalue weighted by atomic mass is 19.1. The van der Waals surface area contributed by atoms with Gasteiger partial charge in [-0.15, -0.1) is 0 Å². The molecule has 0 radical (unpaired) electrons. The van der Waals surface area contributed by atoms with Gasteiger partial charge in [0.25, 0.3) is 5.91 Å². The summed E-state index contributed by atoms with van der Waals surface area (Å²) in [6.07, 6.45) is 7.68. The number of hydrogen-bond donors (Lipinski definition) is 0. The molecule has 31 heavy (non-hydrogen) atoms. The van der Waals surface area contributed by atoms with E-state index < -0.39 is 11.6 Å². The lowest BCUT2D eigenvalue weighted by Gasteiger charge is -2.28. The third-order valence-electron chi connectivity index (χ3n) is 6.76. The highest BCUT2D eigenvalue weighted by Crippen LogP contribution is 2.26. The Morgan fingerprint density at radius 2 is 1.81 bits per heavy atom. The highest BCUT2D eigenvalue weighted by molar-refractivity contribution is 5.96. The summed E-state index contributed by atoms with van der Waals surface area (Å²) in [5.41, 5.74) is 1.81. The highest BCUT2D eigenvalue weighted by Gasteiger charge is 2.27. The van der Waals surface area contributed by atoms with Crippen LogP contribution in [0, 0.1) is 31.4 Å². The van der Waals surface area contributed by atoms with Gasteiger partial charge in [-0.1, -0.05) is 19.3 Å². The van der Waals surface area contributed by atoms with Crippen LogP contribution in [-0.2, 0) is 0 Å². The van der Waals surface area contributed by atoms with Gasteiger partial charge < -0.3 is 9.80 Å². The number of amides is 1. The summed E-state index contributed by atoms with van der Waals surface area (Å²) in [7, 11) is 0. The topological polar surface area (TPSA) is 41.4 Å². The van der Waals surface area contributed by atoms with Gasteiger partial charge in [-0.2, -0.15) is 5.10 Å². The Hall–Kier alpha value is -2.28. The van der Waals surface area contributed by atoms with Crippen molar-refractivity contribution in [1.29, 1.82) is 0 Å². The number of hydrogen-bond acceptors (Lipinski definition) is 3. The summed E-state index contributed by atoms with van der Waals surface area (Å²) in [5, 5.41) is 4.40. The van der Waals surface area contributed by atoms with E-state index in [-0.39, 0.29) is 11.6 Å². The van der Waals surface area contributed by atoms with Crippen LogP contribution in [0.5, 0.6) is 0 Å². The molecule has 2 aliphatic rings. The van der Waals surface area contributed by atoms with Crippen LogP contribution in [-0.4, -0.2) is 58.2 Å². The number of nitrogens with zero attached hydrogens (tertiary/aromatic N) is 4. The Morgan fingerprint density at radius 3 is 2.55 bits per heavy atom. The van der Waals surface area contributed by atoms with E-state index >= 15 is 0 Å². The number of aryl methyl sites for hydroxylation is 1. The fourth-order valence-electron chi connectivity index (χ4n) is 5.09. The Labute approximate surface area is 183 Å². The molecule has 1 aromatic heterocycles. The van der Waals surface area contributed by atoms with E-state index in [4.69, 9.17) is 0 Å². The first-order valence-corrected chi connectivity index (χ1v) is 11.5. The molecule has 2 fully saturated rings. The van der Waals surface area contributed by atoms with Crippen LogP contribution in [0.4, 0.5) is 8.78 Å². The van der Waals surface area contributed by atoms with E-state index in [0.717, 1.165) is 44.6 Å². The quantitative estimate of drug-likeness (QED) is 0.717.